The fourth-order valence-corrected chi connectivity index (χ4v) is 7.74. The Morgan fingerprint density at radius 1 is 0.200 bits per heavy atom. The molecule has 0 saturated carbocycles. The molecule has 0 N–H and O–H groups in total. The fourth-order valence-electron chi connectivity index (χ4n) is 7.74. The molecular formula is C56H38N4. The number of nitrogens with zero attached hydrogens (tertiary/aromatic N) is 4. The van der Waals surface area contributed by atoms with Crippen molar-refractivity contribution in [1.82, 2.24) is 19.9 Å². The van der Waals surface area contributed by atoms with Crippen molar-refractivity contribution in [2.45, 2.75) is 0 Å². The van der Waals surface area contributed by atoms with Crippen molar-refractivity contribution in [3.05, 3.63) is 231 Å². The number of aromatic nitrogens is 4. The first-order valence-corrected chi connectivity index (χ1v) is 20.1. The van der Waals surface area contributed by atoms with Crippen molar-refractivity contribution in [3.8, 4) is 101 Å². The molecule has 0 aliphatic rings. The Morgan fingerprint density at radius 3 is 0.850 bits per heavy atom. The van der Waals surface area contributed by atoms with E-state index in [1.165, 1.54) is 0 Å². The molecule has 3 heterocycles. The van der Waals surface area contributed by atoms with Crippen molar-refractivity contribution >= 4 is 0 Å². The molecule has 7 aromatic carbocycles. The summed E-state index contributed by atoms with van der Waals surface area (Å²) in [5.41, 5.74) is 17.5. The SMILES string of the molecule is c1ccc(-c2cc(-c3ccccc3)cc(-c3cc(-c4cc(-c5ccccc5)cc(-c5ccccc5)c4)cc(-c4cc(-c5ccccn5)nc(-c5ccccn5)n4)c3)c2)cc1. The summed E-state index contributed by atoms with van der Waals surface area (Å²) in [5.74, 6) is 0.538. The highest BCUT2D eigenvalue weighted by atomic mass is 14.9. The van der Waals surface area contributed by atoms with Gasteiger partial charge in [-0.1, -0.05) is 133 Å². The van der Waals surface area contributed by atoms with E-state index in [4.69, 9.17) is 15.0 Å². The van der Waals surface area contributed by atoms with E-state index in [2.05, 4.69) is 181 Å². The highest BCUT2D eigenvalue weighted by Crippen LogP contribution is 2.40. The molecule has 0 saturated heterocycles. The lowest BCUT2D eigenvalue weighted by molar-refractivity contribution is 1.13. The number of pyridine rings is 2. The van der Waals surface area contributed by atoms with Gasteiger partial charge in [-0.3, -0.25) is 9.97 Å². The Balaban J connectivity index is 1.24. The van der Waals surface area contributed by atoms with Crippen LogP contribution >= 0.6 is 0 Å². The van der Waals surface area contributed by atoms with Crippen molar-refractivity contribution < 1.29 is 0 Å². The standard InChI is InChI=1S/C56H38N4/c1-5-17-39(18-6-1)43-29-44(40-19-7-2-8-20-40)32-47(31-43)49-35-50(48-33-45(41-21-9-3-10-22-41)30-46(34-48)42-23-11-4-12-24-42)37-51(36-49)54-38-55(52-25-13-15-27-57-52)60-56(59-54)53-26-14-16-28-58-53/h1-38H. The van der Waals surface area contributed by atoms with Crippen LogP contribution in [0.15, 0.2) is 231 Å². The topological polar surface area (TPSA) is 51.6 Å². The minimum Gasteiger partial charge on any atom is -0.255 e. The normalized spacial score (nSPS) is 11.0. The van der Waals surface area contributed by atoms with E-state index in [0.717, 1.165) is 89.4 Å². The predicted octanol–water partition coefficient (Wildman–Crippen LogP) is 14.3. The van der Waals surface area contributed by atoms with Crippen LogP contribution in [0.3, 0.4) is 0 Å². The Morgan fingerprint density at radius 2 is 0.500 bits per heavy atom. The van der Waals surface area contributed by atoms with E-state index in [0.29, 0.717) is 11.5 Å². The summed E-state index contributed by atoms with van der Waals surface area (Å²) in [6.45, 7) is 0. The van der Waals surface area contributed by atoms with Crippen molar-refractivity contribution in [2.24, 2.45) is 0 Å². The van der Waals surface area contributed by atoms with Gasteiger partial charge < -0.3 is 0 Å². The monoisotopic (exact) mass is 766 g/mol. The van der Waals surface area contributed by atoms with Crippen LogP contribution in [0.25, 0.3) is 101 Å². The Bertz CT molecular complexity index is 2530. The Kier molecular flexibility index (Phi) is 9.92. The largest absolute Gasteiger partial charge is 0.255 e. The lowest BCUT2D eigenvalue weighted by atomic mass is 9.89. The molecule has 3 aromatic heterocycles. The van der Waals surface area contributed by atoms with Gasteiger partial charge in [-0.2, -0.15) is 0 Å². The van der Waals surface area contributed by atoms with E-state index >= 15 is 0 Å². The van der Waals surface area contributed by atoms with Gasteiger partial charge in [0.2, 0.25) is 0 Å². The molecule has 0 amide bonds. The quantitative estimate of drug-likeness (QED) is 0.147. The zero-order valence-electron chi connectivity index (χ0n) is 32.7. The third kappa shape index (κ3) is 7.78. The van der Waals surface area contributed by atoms with Gasteiger partial charge >= 0.3 is 0 Å². The van der Waals surface area contributed by atoms with E-state index in [1.54, 1.807) is 12.4 Å². The Labute approximate surface area is 350 Å². The molecule has 60 heavy (non-hydrogen) atoms. The van der Waals surface area contributed by atoms with Gasteiger partial charge in [0.25, 0.3) is 0 Å². The molecule has 0 unspecified atom stereocenters. The van der Waals surface area contributed by atoms with E-state index in [1.807, 2.05) is 42.5 Å². The minimum atomic E-state index is 0.538. The molecule has 10 aromatic rings. The summed E-state index contributed by atoms with van der Waals surface area (Å²) in [7, 11) is 0. The number of hydrogen-bond acceptors (Lipinski definition) is 4. The fraction of sp³-hybridized carbons (Fsp3) is 0. The first kappa shape index (κ1) is 36.3. The molecule has 0 aliphatic heterocycles. The highest BCUT2D eigenvalue weighted by Gasteiger charge is 2.17. The van der Waals surface area contributed by atoms with Gasteiger partial charge in [0.15, 0.2) is 5.82 Å². The summed E-state index contributed by atoms with van der Waals surface area (Å²) in [4.78, 5) is 19.6. The molecule has 0 fully saturated rings. The van der Waals surface area contributed by atoms with Crippen LogP contribution in [-0.2, 0) is 0 Å². The zero-order chi connectivity index (χ0) is 40.1. The lowest BCUT2D eigenvalue weighted by Gasteiger charge is -2.16. The molecule has 0 aliphatic carbocycles. The smallest absolute Gasteiger partial charge is 0.179 e. The third-order valence-electron chi connectivity index (χ3n) is 10.7. The van der Waals surface area contributed by atoms with Gasteiger partial charge in [-0.25, -0.2) is 9.97 Å². The first-order chi connectivity index (χ1) is 29.7. The molecule has 4 heteroatoms. The van der Waals surface area contributed by atoms with Gasteiger partial charge in [-0.15, -0.1) is 0 Å². The van der Waals surface area contributed by atoms with Crippen LogP contribution < -0.4 is 0 Å². The van der Waals surface area contributed by atoms with Gasteiger partial charge in [-0.05, 0) is 152 Å². The Hall–Kier alpha value is -8.08. The molecular weight excluding hydrogens is 729 g/mol. The van der Waals surface area contributed by atoms with Crippen LogP contribution in [0.5, 0.6) is 0 Å². The van der Waals surface area contributed by atoms with E-state index in [-0.39, 0.29) is 0 Å². The maximum atomic E-state index is 5.23. The predicted molar refractivity (Wildman–Crippen MR) is 247 cm³/mol. The second-order valence-electron chi connectivity index (χ2n) is 14.8. The second kappa shape index (κ2) is 16.4. The maximum absolute atomic E-state index is 5.23. The van der Waals surface area contributed by atoms with Crippen molar-refractivity contribution in [1.29, 1.82) is 0 Å². The van der Waals surface area contributed by atoms with E-state index < -0.39 is 0 Å². The average molecular weight is 767 g/mol. The first-order valence-electron chi connectivity index (χ1n) is 20.1. The lowest BCUT2D eigenvalue weighted by Crippen LogP contribution is -1.98. The van der Waals surface area contributed by atoms with Crippen LogP contribution in [0.2, 0.25) is 0 Å². The van der Waals surface area contributed by atoms with Gasteiger partial charge in [0.1, 0.15) is 5.69 Å². The van der Waals surface area contributed by atoms with E-state index in [9.17, 15) is 0 Å². The minimum absolute atomic E-state index is 0.538. The van der Waals surface area contributed by atoms with Crippen LogP contribution in [-0.4, -0.2) is 19.9 Å². The highest BCUT2D eigenvalue weighted by molar-refractivity contribution is 5.88. The summed E-state index contributed by atoms with van der Waals surface area (Å²) in [6.07, 6.45) is 3.57. The van der Waals surface area contributed by atoms with Crippen LogP contribution in [0.4, 0.5) is 0 Å². The molecule has 0 bridgehead atoms. The number of benzene rings is 7. The summed E-state index contributed by atoms with van der Waals surface area (Å²) < 4.78 is 0. The maximum Gasteiger partial charge on any atom is 0.179 e. The molecule has 4 nitrogen and oxygen atoms in total. The molecule has 282 valence electrons. The molecule has 0 spiro atoms. The summed E-state index contributed by atoms with van der Waals surface area (Å²) >= 11 is 0. The summed E-state index contributed by atoms with van der Waals surface area (Å²) in [6, 6.07) is 76.8. The van der Waals surface area contributed by atoms with Crippen molar-refractivity contribution in [3.63, 3.8) is 0 Å². The summed E-state index contributed by atoms with van der Waals surface area (Å²) in [5, 5.41) is 0. The molecule has 0 atom stereocenters. The molecule has 10 rings (SSSR count). The van der Waals surface area contributed by atoms with Gasteiger partial charge in [0.05, 0.1) is 17.1 Å². The van der Waals surface area contributed by atoms with Crippen LogP contribution in [0, 0.1) is 0 Å². The van der Waals surface area contributed by atoms with Gasteiger partial charge in [0, 0.05) is 18.0 Å². The van der Waals surface area contributed by atoms with Crippen molar-refractivity contribution in [2.75, 3.05) is 0 Å². The van der Waals surface area contributed by atoms with Crippen LogP contribution in [0.1, 0.15) is 0 Å². The number of rotatable bonds is 9. The molecule has 0 radical (unpaired) electrons. The average Bonchev–Trinajstić information content (AvgIpc) is 3.35. The number of hydrogen-bond donors (Lipinski definition) is 0. The second-order valence-corrected chi connectivity index (χ2v) is 14.8. The third-order valence-corrected chi connectivity index (χ3v) is 10.7. The zero-order valence-corrected chi connectivity index (χ0v) is 32.7.